The second-order valence-electron chi connectivity index (χ2n) is 3.83. The highest BCUT2D eigenvalue weighted by molar-refractivity contribution is 5.84. The van der Waals surface area contributed by atoms with E-state index < -0.39 is 24.5 Å². The van der Waals surface area contributed by atoms with E-state index in [1.807, 2.05) is 0 Å². The molecule has 1 aromatic rings. The third kappa shape index (κ3) is 5.33. The van der Waals surface area contributed by atoms with Crippen LogP contribution in [-0.4, -0.2) is 29.6 Å². The third-order valence-corrected chi connectivity index (χ3v) is 2.26. The smallest absolute Gasteiger partial charge is 0.387 e. The van der Waals surface area contributed by atoms with Crippen LogP contribution in [0.5, 0.6) is 5.75 Å². The number of amides is 1. The minimum Gasteiger partial charge on any atom is -0.480 e. The van der Waals surface area contributed by atoms with Crippen LogP contribution in [0.3, 0.4) is 0 Å². The number of carbonyl (C=O) groups is 2. The molecular weight excluding hydrogens is 260 g/mol. The van der Waals surface area contributed by atoms with Gasteiger partial charge in [0.1, 0.15) is 11.8 Å². The molecule has 0 aliphatic carbocycles. The molecule has 0 radical (unpaired) electrons. The van der Waals surface area contributed by atoms with Gasteiger partial charge in [0, 0.05) is 0 Å². The summed E-state index contributed by atoms with van der Waals surface area (Å²) in [5, 5.41) is 10.9. The van der Waals surface area contributed by atoms with Gasteiger partial charge in [0.15, 0.2) is 0 Å². The van der Waals surface area contributed by atoms with Crippen molar-refractivity contribution in [1.29, 1.82) is 0 Å². The lowest BCUT2D eigenvalue weighted by Gasteiger charge is -2.09. The summed E-state index contributed by atoms with van der Waals surface area (Å²) in [5.41, 5.74) is 0.566. The first-order valence-electron chi connectivity index (χ1n) is 5.44. The second kappa shape index (κ2) is 6.67. The van der Waals surface area contributed by atoms with Crippen LogP contribution < -0.4 is 10.1 Å². The number of hydrogen-bond acceptors (Lipinski definition) is 3. The van der Waals surface area contributed by atoms with Crippen molar-refractivity contribution in [3.05, 3.63) is 29.8 Å². The standard InChI is InChI=1S/C12H13F2NO4/c1-7(11(17)18)15-10(16)6-8-2-4-9(5-3-8)19-12(13)14/h2-5,7,12H,6H2,1H3,(H,15,16)(H,17,18). The number of hydrogen-bond donors (Lipinski definition) is 2. The van der Waals surface area contributed by atoms with E-state index in [1.165, 1.54) is 31.2 Å². The minimum atomic E-state index is -2.90. The molecule has 104 valence electrons. The Kier molecular flexibility index (Phi) is 5.23. The summed E-state index contributed by atoms with van der Waals surface area (Å²) in [4.78, 5) is 22.0. The van der Waals surface area contributed by atoms with E-state index in [-0.39, 0.29) is 12.2 Å². The fourth-order valence-electron chi connectivity index (χ4n) is 1.33. The zero-order valence-corrected chi connectivity index (χ0v) is 10.1. The van der Waals surface area contributed by atoms with Gasteiger partial charge in [-0.3, -0.25) is 9.59 Å². The summed E-state index contributed by atoms with van der Waals surface area (Å²) >= 11 is 0. The number of carboxylic acids is 1. The van der Waals surface area contributed by atoms with Gasteiger partial charge in [0.2, 0.25) is 5.91 Å². The number of aliphatic carboxylic acids is 1. The molecule has 19 heavy (non-hydrogen) atoms. The van der Waals surface area contributed by atoms with Gasteiger partial charge in [-0.05, 0) is 24.6 Å². The van der Waals surface area contributed by atoms with Crippen LogP contribution in [0.25, 0.3) is 0 Å². The van der Waals surface area contributed by atoms with Gasteiger partial charge in [-0.15, -0.1) is 0 Å². The third-order valence-electron chi connectivity index (χ3n) is 2.26. The quantitative estimate of drug-likeness (QED) is 0.822. The molecule has 0 bridgehead atoms. The number of carbonyl (C=O) groups excluding carboxylic acids is 1. The van der Waals surface area contributed by atoms with Gasteiger partial charge in [0.05, 0.1) is 6.42 Å². The summed E-state index contributed by atoms with van der Waals surface area (Å²) in [6.45, 7) is -1.55. The minimum absolute atomic E-state index is 0.00179. The van der Waals surface area contributed by atoms with Gasteiger partial charge >= 0.3 is 12.6 Å². The van der Waals surface area contributed by atoms with E-state index in [0.717, 1.165) is 0 Å². The summed E-state index contributed by atoms with van der Waals surface area (Å²) in [6, 6.07) is 4.57. The van der Waals surface area contributed by atoms with E-state index >= 15 is 0 Å². The first-order chi connectivity index (χ1) is 8.88. The Morgan fingerprint density at radius 2 is 1.89 bits per heavy atom. The molecule has 7 heteroatoms. The van der Waals surface area contributed by atoms with Gasteiger partial charge in [0.25, 0.3) is 0 Å². The lowest BCUT2D eigenvalue weighted by atomic mass is 10.1. The van der Waals surface area contributed by atoms with Crippen molar-refractivity contribution in [3.63, 3.8) is 0 Å². The lowest BCUT2D eigenvalue weighted by Crippen LogP contribution is -2.39. The summed E-state index contributed by atoms with van der Waals surface area (Å²) in [7, 11) is 0. The van der Waals surface area contributed by atoms with Crippen LogP contribution in [0, 0.1) is 0 Å². The van der Waals surface area contributed by atoms with E-state index in [9.17, 15) is 18.4 Å². The van der Waals surface area contributed by atoms with Crippen LogP contribution >= 0.6 is 0 Å². The summed E-state index contributed by atoms with van der Waals surface area (Å²) in [6.07, 6.45) is -0.0351. The van der Waals surface area contributed by atoms with Crippen molar-refractivity contribution in [2.24, 2.45) is 0 Å². The molecule has 1 unspecified atom stereocenters. The number of halogens is 2. The maximum Gasteiger partial charge on any atom is 0.387 e. The second-order valence-corrected chi connectivity index (χ2v) is 3.83. The summed E-state index contributed by atoms with van der Waals surface area (Å²) in [5.74, 6) is -1.59. The fraction of sp³-hybridized carbons (Fsp3) is 0.333. The maximum atomic E-state index is 11.9. The molecule has 0 saturated carbocycles. The molecule has 1 amide bonds. The number of ether oxygens (including phenoxy) is 1. The highest BCUT2D eigenvalue weighted by Crippen LogP contribution is 2.15. The lowest BCUT2D eigenvalue weighted by molar-refractivity contribution is -0.141. The number of nitrogens with one attached hydrogen (secondary N) is 1. The Labute approximate surface area is 108 Å². The number of rotatable bonds is 6. The topological polar surface area (TPSA) is 75.6 Å². The van der Waals surface area contributed by atoms with Gasteiger partial charge in [-0.2, -0.15) is 8.78 Å². The Hall–Kier alpha value is -2.18. The SMILES string of the molecule is CC(NC(=O)Cc1ccc(OC(F)F)cc1)C(=O)O. The Morgan fingerprint density at radius 3 is 2.37 bits per heavy atom. The van der Waals surface area contributed by atoms with Gasteiger partial charge in [-0.25, -0.2) is 0 Å². The molecule has 0 aliphatic rings. The molecule has 1 atom stereocenters. The highest BCUT2D eigenvalue weighted by Gasteiger charge is 2.14. The van der Waals surface area contributed by atoms with Crippen LogP contribution in [0.1, 0.15) is 12.5 Å². The predicted molar refractivity (Wildman–Crippen MR) is 62.0 cm³/mol. The Bertz CT molecular complexity index is 448. The Morgan fingerprint density at radius 1 is 1.32 bits per heavy atom. The molecule has 0 aromatic heterocycles. The molecule has 0 spiro atoms. The largest absolute Gasteiger partial charge is 0.480 e. The molecule has 0 fully saturated rings. The first kappa shape index (κ1) is 14.9. The number of benzene rings is 1. The highest BCUT2D eigenvalue weighted by atomic mass is 19.3. The molecule has 5 nitrogen and oxygen atoms in total. The average Bonchev–Trinajstić information content (AvgIpc) is 2.30. The van der Waals surface area contributed by atoms with E-state index in [0.29, 0.717) is 5.56 Å². The van der Waals surface area contributed by atoms with Crippen molar-refractivity contribution >= 4 is 11.9 Å². The zero-order valence-electron chi connectivity index (χ0n) is 10.1. The molecular formula is C12H13F2NO4. The van der Waals surface area contributed by atoms with Gasteiger partial charge < -0.3 is 15.2 Å². The van der Waals surface area contributed by atoms with E-state index in [4.69, 9.17) is 5.11 Å². The average molecular weight is 273 g/mol. The molecule has 2 N–H and O–H groups in total. The fourth-order valence-corrected chi connectivity index (χ4v) is 1.33. The molecule has 0 aliphatic heterocycles. The number of carboxylic acid groups (broad SMARTS) is 1. The zero-order chi connectivity index (χ0) is 14.4. The number of alkyl halides is 2. The van der Waals surface area contributed by atoms with Crippen molar-refractivity contribution in [1.82, 2.24) is 5.32 Å². The van der Waals surface area contributed by atoms with Crippen LogP contribution in [0.2, 0.25) is 0 Å². The van der Waals surface area contributed by atoms with Crippen LogP contribution in [0.15, 0.2) is 24.3 Å². The molecule has 1 aromatic carbocycles. The molecule has 0 saturated heterocycles. The molecule has 1 rings (SSSR count). The van der Waals surface area contributed by atoms with Crippen molar-refractivity contribution in [2.75, 3.05) is 0 Å². The van der Waals surface area contributed by atoms with E-state index in [1.54, 1.807) is 0 Å². The summed E-state index contributed by atoms with van der Waals surface area (Å²) < 4.78 is 28.0. The van der Waals surface area contributed by atoms with Gasteiger partial charge in [-0.1, -0.05) is 12.1 Å². The Balaban J connectivity index is 2.53. The van der Waals surface area contributed by atoms with Crippen LogP contribution in [0.4, 0.5) is 8.78 Å². The predicted octanol–water partition coefficient (Wildman–Crippen LogP) is 1.42. The van der Waals surface area contributed by atoms with Crippen molar-refractivity contribution < 1.29 is 28.2 Å². The van der Waals surface area contributed by atoms with E-state index in [2.05, 4.69) is 10.1 Å². The maximum absolute atomic E-state index is 11.9. The van der Waals surface area contributed by atoms with Crippen molar-refractivity contribution in [3.8, 4) is 5.75 Å². The first-order valence-corrected chi connectivity index (χ1v) is 5.44. The normalized spacial score (nSPS) is 12.0. The van der Waals surface area contributed by atoms with Crippen molar-refractivity contribution in [2.45, 2.75) is 26.0 Å². The monoisotopic (exact) mass is 273 g/mol. The van der Waals surface area contributed by atoms with Crippen LogP contribution in [-0.2, 0) is 16.0 Å². The molecule has 0 heterocycles.